The van der Waals surface area contributed by atoms with Crippen LogP contribution >= 0.6 is 15.9 Å². The first-order valence-electron chi connectivity index (χ1n) is 12.8. The summed E-state index contributed by atoms with van der Waals surface area (Å²) < 4.78 is 0.226. The van der Waals surface area contributed by atoms with Gasteiger partial charge in [0.15, 0.2) is 11.6 Å². The number of benzene rings is 1. The Labute approximate surface area is 218 Å². The molecule has 0 bridgehead atoms. The molecule has 2 fully saturated rings. The Morgan fingerprint density at radius 2 is 1.75 bits per heavy atom. The molecule has 1 aromatic carbocycles. The summed E-state index contributed by atoms with van der Waals surface area (Å²) in [5.74, 6) is -2.20. The van der Waals surface area contributed by atoms with Crippen LogP contribution in [0.15, 0.2) is 51.6 Å². The maximum atomic E-state index is 13.9. The van der Waals surface area contributed by atoms with Gasteiger partial charge in [-0.3, -0.25) is 24.1 Å². The third kappa shape index (κ3) is 3.42. The molecule has 6 nitrogen and oxygen atoms in total. The highest BCUT2D eigenvalue weighted by atomic mass is 79.9. The molecule has 1 aromatic rings. The Morgan fingerprint density at radius 3 is 2.47 bits per heavy atom. The summed E-state index contributed by atoms with van der Waals surface area (Å²) in [5, 5.41) is 10.1. The Bertz CT molecular complexity index is 1310. The lowest BCUT2D eigenvalue weighted by atomic mass is 9.59. The van der Waals surface area contributed by atoms with E-state index in [0.717, 1.165) is 43.2 Å². The van der Waals surface area contributed by atoms with Crippen LogP contribution in [0.2, 0.25) is 0 Å². The SMILES string of the molecule is Cc1cc(C2C3=CCC4C(=O)N(C5CCCCC5)C(=O)C4C3CC3=C2C(=O)C=C(Br)C3=O)ccc1O. The van der Waals surface area contributed by atoms with Crippen molar-refractivity contribution in [1.82, 2.24) is 4.90 Å². The minimum Gasteiger partial charge on any atom is -0.508 e. The van der Waals surface area contributed by atoms with Crippen molar-refractivity contribution in [2.24, 2.45) is 17.8 Å². The van der Waals surface area contributed by atoms with Crippen LogP contribution in [-0.4, -0.2) is 39.4 Å². The molecular formula is C29H28BrNO5. The zero-order chi connectivity index (χ0) is 25.3. The minimum absolute atomic E-state index is 0.0309. The van der Waals surface area contributed by atoms with Crippen LogP contribution < -0.4 is 0 Å². The number of phenols is 1. The van der Waals surface area contributed by atoms with Gasteiger partial charge in [0.05, 0.1) is 16.3 Å². The van der Waals surface area contributed by atoms with Gasteiger partial charge in [0.2, 0.25) is 11.8 Å². The quantitative estimate of drug-likeness (QED) is 0.325. The monoisotopic (exact) mass is 549 g/mol. The van der Waals surface area contributed by atoms with E-state index in [1.54, 1.807) is 24.0 Å². The zero-order valence-electron chi connectivity index (χ0n) is 20.1. The molecule has 5 aliphatic rings. The van der Waals surface area contributed by atoms with E-state index in [-0.39, 0.29) is 52.0 Å². The number of phenolic OH excluding ortho intramolecular Hbond substituents is 1. The van der Waals surface area contributed by atoms with E-state index < -0.39 is 17.8 Å². The summed E-state index contributed by atoms with van der Waals surface area (Å²) in [4.78, 5) is 55.5. The fourth-order valence-electron chi connectivity index (χ4n) is 7.17. The molecule has 4 unspecified atom stereocenters. The lowest BCUT2D eigenvalue weighted by molar-refractivity contribution is -0.143. The second-order valence-corrected chi connectivity index (χ2v) is 11.6. The molecule has 1 aliphatic heterocycles. The van der Waals surface area contributed by atoms with Crippen molar-refractivity contribution in [1.29, 1.82) is 0 Å². The van der Waals surface area contributed by atoms with E-state index >= 15 is 0 Å². The van der Waals surface area contributed by atoms with Gasteiger partial charge in [-0.25, -0.2) is 0 Å². The molecule has 1 heterocycles. The van der Waals surface area contributed by atoms with Gasteiger partial charge in [0.1, 0.15) is 5.75 Å². The summed E-state index contributed by atoms with van der Waals surface area (Å²) in [6, 6.07) is 5.21. The first-order chi connectivity index (χ1) is 17.3. The van der Waals surface area contributed by atoms with E-state index in [0.29, 0.717) is 23.1 Å². The predicted octanol–water partition coefficient (Wildman–Crippen LogP) is 4.80. The Morgan fingerprint density at radius 1 is 1.00 bits per heavy atom. The van der Waals surface area contributed by atoms with E-state index in [9.17, 15) is 24.3 Å². The number of rotatable bonds is 2. The third-order valence-electron chi connectivity index (χ3n) is 8.86. The summed E-state index contributed by atoms with van der Waals surface area (Å²) in [6.07, 6.45) is 9.03. The number of hydrogen-bond acceptors (Lipinski definition) is 5. The molecule has 186 valence electrons. The van der Waals surface area contributed by atoms with Crippen molar-refractivity contribution in [3.8, 4) is 5.75 Å². The maximum absolute atomic E-state index is 13.9. The number of allylic oxidation sites excluding steroid dienone is 6. The number of halogens is 1. The topological polar surface area (TPSA) is 91.8 Å². The average molecular weight is 550 g/mol. The molecule has 1 N–H and O–H groups in total. The van der Waals surface area contributed by atoms with Crippen LogP contribution in [0.4, 0.5) is 0 Å². The van der Waals surface area contributed by atoms with Crippen LogP contribution in [0.25, 0.3) is 0 Å². The molecule has 0 radical (unpaired) electrons. The van der Waals surface area contributed by atoms with Crippen LogP contribution in [0.5, 0.6) is 5.75 Å². The lowest BCUT2D eigenvalue weighted by Gasteiger charge is -2.42. The molecule has 2 amide bonds. The van der Waals surface area contributed by atoms with Crippen molar-refractivity contribution < 1.29 is 24.3 Å². The summed E-state index contributed by atoms with van der Waals surface area (Å²) in [5.41, 5.74) is 3.31. The van der Waals surface area contributed by atoms with Crippen molar-refractivity contribution >= 4 is 39.3 Å². The van der Waals surface area contributed by atoms with Gasteiger partial charge in [-0.05, 0) is 71.6 Å². The molecule has 0 aromatic heterocycles. The third-order valence-corrected chi connectivity index (χ3v) is 9.45. The highest BCUT2D eigenvalue weighted by Gasteiger charge is 2.57. The zero-order valence-corrected chi connectivity index (χ0v) is 21.7. The number of carbonyl (C=O) groups excluding carboxylic acids is 4. The summed E-state index contributed by atoms with van der Waals surface area (Å²) in [6.45, 7) is 1.80. The molecule has 7 heteroatoms. The number of fused-ring (bicyclic) bond motifs is 3. The Hall–Kier alpha value is -2.80. The van der Waals surface area contributed by atoms with Gasteiger partial charge < -0.3 is 5.11 Å². The van der Waals surface area contributed by atoms with Gasteiger partial charge in [0.25, 0.3) is 0 Å². The predicted molar refractivity (Wildman–Crippen MR) is 136 cm³/mol. The fourth-order valence-corrected chi connectivity index (χ4v) is 7.62. The van der Waals surface area contributed by atoms with E-state index in [1.807, 2.05) is 12.1 Å². The normalized spacial score (nSPS) is 30.7. The summed E-state index contributed by atoms with van der Waals surface area (Å²) in [7, 11) is 0. The van der Waals surface area contributed by atoms with Gasteiger partial charge in [0, 0.05) is 29.2 Å². The Balaban J connectivity index is 1.47. The number of aromatic hydroxyl groups is 1. The van der Waals surface area contributed by atoms with Crippen molar-refractivity contribution in [3.63, 3.8) is 0 Å². The number of nitrogens with zero attached hydrogens (tertiary/aromatic N) is 1. The van der Waals surface area contributed by atoms with Crippen LogP contribution in [0.1, 0.15) is 62.0 Å². The molecule has 4 aliphatic carbocycles. The second-order valence-electron chi connectivity index (χ2n) is 10.8. The smallest absolute Gasteiger partial charge is 0.233 e. The van der Waals surface area contributed by atoms with Crippen LogP contribution in [-0.2, 0) is 19.2 Å². The van der Waals surface area contributed by atoms with Crippen molar-refractivity contribution in [3.05, 3.63) is 62.7 Å². The van der Waals surface area contributed by atoms with Crippen molar-refractivity contribution in [2.45, 2.75) is 63.8 Å². The van der Waals surface area contributed by atoms with Gasteiger partial charge >= 0.3 is 0 Å². The first-order valence-corrected chi connectivity index (χ1v) is 13.6. The molecule has 4 atom stereocenters. The highest BCUT2D eigenvalue weighted by molar-refractivity contribution is 9.12. The number of carbonyl (C=O) groups is 4. The number of likely N-dealkylation sites (tertiary alicyclic amines) is 1. The number of ketones is 2. The molecule has 1 saturated carbocycles. The van der Waals surface area contributed by atoms with Gasteiger partial charge in [-0.15, -0.1) is 0 Å². The molecule has 36 heavy (non-hydrogen) atoms. The Kier molecular flexibility index (Phi) is 5.67. The highest BCUT2D eigenvalue weighted by Crippen LogP contribution is 2.55. The maximum Gasteiger partial charge on any atom is 0.233 e. The van der Waals surface area contributed by atoms with Crippen LogP contribution in [0.3, 0.4) is 0 Å². The molecule has 0 spiro atoms. The number of hydrogen-bond donors (Lipinski definition) is 1. The van der Waals surface area contributed by atoms with E-state index in [1.165, 1.54) is 6.08 Å². The van der Waals surface area contributed by atoms with Crippen molar-refractivity contribution in [2.75, 3.05) is 0 Å². The summed E-state index contributed by atoms with van der Waals surface area (Å²) >= 11 is 3.26. The van der Waals surface area contributed by atoms with Gasteiger partial charge in [-0.2, -0.15) is 0 Å². The van der Waals surface area contributed by atoms with Gasteiger partial charge in [-0.1, -0.05) is 43.0 Å². The molecule has 1 saturated heterocycles. The fraction of sp³-hybridized carbons (Fsp3) is 0.448. The number of amides is 2. The molecular weight excluding hydrogens is 522 g/mol. The lowest BCUT2D eigenvalue weighted by Crippen LogP contribution is -2.43. The van der Waals surface area contributed by atoms with Crippen LogP contribution in [0, 0.1) is 24.7 Å². The largest absolute Gasteiger partial charge is 0.508 e. The van der Waals surface area contributed by atoms with E-state index in [4.69, 9.17) is 0 Å². The molecule has 6 rings (SSSR count). The standard InChI is InChI=1S/C29H28BrNO5/c1-14-11-15(7-10-22(14)32)24-17-8-9-18-25(29(36)31(28(18)35)16-5-3-2-4-6-16)19(17)12-20-26(24)23(33)13-21(30)27(20)34/h7-8,10-11,13,16,18-19,24-25,32H,2-6,9,12H2,1H3. The number of aryl methyl sites for hydroxylation is 1. The minimum atomic E-state index is -0.512. The number of Topliss-reactive ketones (excluding diaryl/α,β-unsaturated/α-hetero) is 1. The first kappa shape index (κ1) is 23.6. The average Bonchev–Trinajstić information content (AvgIpc) is 3.13. The number of imide groups is 1. The second kappa shape index (κ2) is 8.65. The van der Waals surface area contributed by atoms with E-state index in [2.05, 4.69) is 15.9 Å².